The van der Waals surface area contributed by atoms with Gasteiger partial charge in [0.2, 0.25) is 11.8 Å². The van der Waals surface area contributed by atoms with Crippen molar-refractivity contribution in [1.29, 1.82) is 0 Å². The zero-order valence-corrected chi connectivity index (χ0v) is 19.0. The van der Waals surface area contributed by atoms with Crippen LogP contribution in [0.4, 0.5) is 11.4 Å². The van der Waals surface area contributed by atoms with Crippen LogP contribution in [-0.4, -0.2) is 52.6 Å². The molecular weight excluding hydrogens is 442 g/mol. The van der Waals surface area contributed by atoms with Crippen LogP contribution < -0.4 is 15.4 Å². The van der Waals surface area contributed by atoms with E-state index >= 15 is 0 Å². The molecule has 3 heterocycles. The maximum absolute atomic E-state index is 12.8. The predicted molar refractivity (Wildman–Crippen MR) is 125 cm³/mol. The predicted octanol–water partition coefficient (Wildman–Crippen LogP) is 3.08. The molecule has 10 heteroatoms. The van der Waals surface area contributed by atoms with Gasteiger partial charge >= 0.3 is 0 Å². The van der Waals surface area contributed by atoms with Crippen LogP contribution in [-0.2, 0) is 16.1 Å². The number of anilines is 2. The van der Waals surface area contributed by atoms with Crippen molar-refractivity contribution in [2.45, 2.75) is 19.4 Å². The fraction of sp³-hybridized carbons (Fsp3) is 0.304. The van der Waals surface area contributed by atoms with Gasteiger partial charge in [-0.05, 0) is 48.6 Å². The van der Waals surface area contributed by atoms with Gasteiger partial charge in [-0.2, -0.15) is 5.10 Å². The second-order valence-electron chi connectivity index (χ2n) is 7.76. The average Bonchev–Trinajstić information content (AvgIpc) is 3.52. The van der Waals surface area contributed by atoms with Gasteiger partial charge in [0.05, 0.1) is 29.8 Å². The minimum Gasteiger partial charge on any atom is -0.497 e. The van der Waals surface area contributed by atoms with E-state index in [-0.39, 0.29) is 30.2 Å². The highest BCUT2D eigenvalue weighted by molar-refractivity contribution is 7.12. The number of methoxy groups -OCH3 is 1. The summed E-state index contributed by atoms with van der Waals surface area (Å²) in [5.41, 5.74) is 1.17. The first-order valence-electron chi connectivity index (χ1n) is 10.6. The summed E-state index contributed by atoms with van der Waals surface area (Å²) in [6.45, 7) is 1.05. The molecule has 0 radical (unpaired) electrons. The van der Waals surface area contributed by atoms with Crippen LogP contribution in [0.5, 0.6) is 5.75 Å². The van der Waals surface area contributed by atoms with E-state index in [9.17, 15) is 14.4 Å². The Bertz CT molecular complexity index is 1110. The first-order valence-corrected chi connectivity index (χ1v) is 11.5. The molecule has 2 N–H and O–H groups in total. The summed E-state index contributed by atoms with van der Waals surface area (Å²) in [6, 6.07) is 10.7. The third kappa shape index (κ3) is 5.78. The van der Waals surface area contributed by atoms with Crippen LogP contribution in [0.15, 0.2) is 54.2 Å². The van der Waals surface area contributed by atoms with Crippen molar-refractivity contribution in [3.63, 3.8) is 0 Å². The van der Waals surface area contributed by atoms with E-state index in [1.165, 1.54) is 22.2 Å². The zero-order chi connectivity index (χ0) is 23.2. The lowest BCUT2D eigenvalue weighted by atomic mass is 9.97. The molecule has 172 valence electrons. The topological polar surface area (TPSA) is 106 Å². The summed E-state index contributed by atoms with van der Waals surface area (Å²) in [7, 11) is 1.58. The summed E-state index contributed by atoms with van der Waals surface area (Å²) >= 11 is 1.41. The van der Waals surface area contributed by atoms with Gasteiger partial charge in [-0.15, -0.1) is 11.3 Å². The maximum atomic E-state index is 12.8. The Morgan fingerprint density at radius 2 is 1.97 bits per heavy atom. The molecule has 0 saturated carbocycles. The molecule has 1 unspecified atom stereocenters. The Balaban J connectivity index is 1.29. The molecule has 1 aliphatic rings. The van der Waals surface area contributed by atoms with Gasteiger partial charge in [-0.3, -0.25) is 19.1 Å². The highest BCUT2D eigenvalue weighted by Gasteiger charge is 2.29. The van der Waals surface area contributed by atoms with Crippen molar-refractivity contribution in [3.8, 4) is 5.75 Å². The van der Waals surface area contributed by atoms with Crippen LogP contribution in [0.2, 0.25) is 0 Å². The van der Waals surface area contributed by atoms with E-state index in [0.29, 0.717) is 35.1 Å². The number of ether oxygens (including phenoxy) is 1. The summed E-state index contributed by atoms with van der Waals surface area (Å²) < 4.78 is 6.56. The maximum Gasteiger partial charge on any atom is 0.263 e. The molecule has 0 bridgehead atoms. The van der Waals surface area contributed by atoms with Gasteiger partial charge < -0.3 is 20.3 Å². The molecule has 1 atom stereocenters. The Labute approximate surface area is 195 Å². The van der Waals surface area contributed by atoms with E-state index in [0.717, 1.165) is 12.8 Å². The number of piperidine rings is 1. The molecule has 4 rings (SSSR count). The monoisotopic (exact) mass is 467 g/mol. The molecule has 0 spiro atoms. The second kappa shape index (κ2) is 10.3. The van der Waals surface area contributed by atoms with E-state index in [4.69, 9.17) is 4.74 Å². The van der Waals surface area contributed by atoms with Gasteiger partial charge in [0.15, 0.2) is 0 Å². The minimum atomic E-state index is -0.288. The number of carbonyl (C=O) groups excluding carboxylic acids is 3. The summed E-state index contributed by atoms with van der Waals surface area (Å²) in [6.07, 6.45) is 4.62. The number of thiophene rings is 1. The second-order valence-corrected chi connectivity index (χ2v) is 8.71. The van der Waals surface area contributed by atoms with Crippen LogP contribution in [0.1, 0.15) is 22.5 Å². The van der Waals surface area contributed by atoms with Gasteiger partial charge in [-0.25, -0.2) is 0 Å². The SMILES string of the molecule is COc1ccc(NC(=O)Cn2cc(NC(=O)C3CCCN(C(=O)c4cccs4)C3)cn2)cc1. The molecule has 33 heavy (non-hydrogen) atoms. The fourth-order valence-electron chi connectivity index (χ4n) is 3.71. The van der Waals surface area contributed by atoms with Crippen molar-refractivity contribution in [2.24, 2.45) is 5.92 Å². The molecule has 2 aromatic heterocycles. The third-order valence-corrected chi connectivity index (χ3v) is 6.25. The molecule has 3 aromatic rings. The Kier molecular flexibility index (Phi) is 7.04. The quantitative estimate of drug-likeness (QED) is 0.556. The summed E-state index contributed by atoms with van der Waals surface area (Å²) in [4.78, 5) is 40.1. The number of rotatable bonds is 7. The highest BCUT2D eigenvalue weighted by atomic mass is 32.1. The fourth-order valence-corrected chi connectivity index (χ4v) is 4.40. The minimum absolute atomic E-state index is 0.00835. The highest BCUT2D eigenvalue weighted by Crippen LogP contribution is 2.22. The van der Waals surface area contributed by atoms with Crippen molar-refractivity contribution >= 4 is 40.4 Å². The number of aromatic nitrogens is 2. The summed E-state index contributed by atoms with van der Waals surface area (Å²) in [5.74, 6) is -0.00271. The first kappa shape index (κ1) is 22.5. The average molecular weight is 468 g/mol. The first-order chi connectivity index (χ1) is 16.0. The molecule has 1 fully saturated rings. The normalized spacial score (nSPS) is 15.7. The smallest absolute Gasteiger partial charge is 0.263 e. The molecule has 9 nitrogen and oxygen atoms in total. The number of nitrogens with one attached hydrogen (secondary N) is 2. The lowest BCUT2D eigenvalue weighted by Crippen LogP contribution is -2.43. The summed E-state index contributed by atoms with van der Waals surface area (Å²) in [5, 5.41) is 11.7. The van der Waals surface area contributed by atoms with Crippen LogP contribution in [0.25, 0.3) is 0 Å². The molecule has 3 amide bonds. The van der Waals surface area contributed by atoms with E-state index in [1.54, 1.807) is 48.5 Å². The molecule has 1 aliphatic heterocycles. The van der Waals surface area contributed by atoms with Crippen molar-refractivity contribution < 1.29 is 19.1 Å². The van der Waals surface area contributed by atoms with Gasteiger partial charge in [0, 0.05) is 25.0 Å². The number of hydrogen-bond acceptors (Lipinski definition) is 6. The molecular formula is C23H25N5O4S. The Hall–Kier alpha value is -3.66. The van der Waals surface area contributed by atoms with Crippen LogP contribution >= 0.6 is 11.3 Å². The van der Waals surface area contributed by atoms with Crippen molar-refractivity contribution in [1.82, 2.24) is 14.7 Å². The van der Waals surface area contributed by atoms with E-state index in [1.807, 2.05) is 11.4 Å². The lowest BCUT2D eigenvalue weighted by molar-refractivity contribution is -0.121. The van der Waals surface area contributed by atoms with E-state index < -0.39 is 0 Å². The molecule has 1 aromatic carbocycles. The van der Waals surface area contributed by atoms with Gasteiger partial charge in [0.1, 0.15) is 12.3 Å². The molecule has 1 saturated heterocycles. The number of nitrogens with zero attached hydrogens (tertiary/aromatic N) is 3. The number of amides is 3. The number of carbonyl (C=O) groups is 3. The third-order valence-electron chi connectivity index (χ3n) is 5.39. The molecule has 0 aliphatic carbocycles. The standard InChI is InChI=1S/C23H25N5O4S/c1-32-19-8-6-17(7-9-19)25-21(29)15-28-14-18(12-24-28)26-22(30)16-4-2-10-27(13-16)23(31)20-5-3-11-33-20/h3,5-9,11-12,14,16H,2,4,10,13,15H2,1H3,(H,25,29)(H,26,30). The van der Waals surface area contributed by atoms with Gasteiger partial charge in [-0.1, -0.05) is 6.07 Å². The van der Waals surface area contributed by atoms with Crippen molar-refractivity contribution in [3.05, 3.63) is 59.0 Å². The lowest BCUT2D eigenvalue weighted by Gasteiger charge is -2.31. The number of likely N-dealkylation sites (tertiary alicyclic amines) is 1. The Morgan fingerprint density at radius 1 is 1.15 bits per heavy atom. The largest absolute Gasteiger partial charge is 0.497 e. The van der Waals surface area contributed by atoms with Gasteiger partial charge in [0.25, 0.3) is 5.91 Å². The zero-order valence-electron chi connectivity index (χ0n) is 18.2. The van der Waals surface area contributed by atoms with Crippen LogP contribution in [0.3, 0.4) is 0 Å². The van der Waals surface area contributed by atoms with Crippen LogP contribution in [0, 0.1) is 5.92 Å². The number of hydrogen-bond donors (Lipinski definition) is 2. The number of benzene rings is 1. The van der Waals surface area contributed by atoms with Crippen molar-refractivity contribution in [2.75, 3.05) is 30.8 Å². The van der Waals surface area contributed by atoms with E-state index in [2.05, 4.69) is 15.7 Å². The Morgan fingerprint density at radius 3 is 2.70 bits per heavy atom.